The van der Waals surface area contributed by atoms with E-state index in [1.807, 2.05) is 18.6 Å². The summed E-state index contributed by atoms with van der Waals surface area (Å²) in [5.41, 5.74) is 0. The van der Waals surface area contributed by atoms with Gasteiger partial charge in [-0.15, -0.1) is 12.4 Å². The van der Waals surface area contributed by atoms with E-state index in [1.54, 1.807) is 0 Å². The summed E-state index contributed by atoms with van der Waals surface area (Å²) in [5.74, 6) is -0.563. The quantitative estimate of drug-likeness (QED) is 0.792. The fourth-order valence-electron chi connectivity index (χ4n) is 1.14. The van der Waals surface area contributed by atoms with E-state index in [4.69, 9.17) is 0 Å². The number of nitrogens with one attached hydrogen (secondary N) is 1. The minimum absolute atomic E-state index is 0. The van der Waals surface area contributed by atoms with Crippen molar-refractivity contribution in [1.82, 2.24) is 4.72 Å². The van der Waals surface area contributed by atoms with E-state index >= 15 is 0 Å². The van der Waals surface area contributed by atoms with Crippen LogP contribution in [0.4, 0.5) is 0 Å². The van der Waals surface area contributed by atoms with Crippen LogP contribution in [-0.2, 0) is 14.8 Å². The van der Waals surface area contributed by atoms with Crippen LogP contribution in [0.15, 0.2) is 0 Å². The van der Waals surface area contributed by atoms with Crippen molar-refractivity contribution < 1.29 is 13.2 Å². The number of amides is 1. The van der Waals surface area contributed by atoms with Crippen LogP contribution in [0.25, 0.3) is 0 Å². The van der Waals surface area contributed by atoms with Crippen LogP contribution in [0.2, 0.25) is 0 Å². The normalized spacial score (nSPS) is 12.8. The predicted molar refractivity (Wildman–Crippen MR) is 58.9 cm³/mol. The van der Waals surface area contributed by atoms with E-state index < -0.39 is 10.0 Å². The monoisotopic (exact) mass is 243 g/mol. The lowest BCUT2D eigenvalue weighted by Crippen LogP contribution is -2.34. The van der Waals surface area contributed by atoms with Gasteiger partial charge >= 0.3 is 0 Å². The van der Waals surface area contributed by atoms with E-state index in [0.29, 0.717) is 6.42 Å². The lowest BCUT2D eigenvalue weighted by atomic mass is 10.0. The molecule has 0 aliphatic carbocycles. The number of sulfonamides is 1. The van der Waals surface area contributed by atoms with Gasteiger partial charge < -0.3 is 0 Å². The third-order valence-corrected chi connectivity index (χ3v) is 2.36. The van der Waals surface area contributed by atoms with Gasteiger partial charge in [-0.3, -0.25) is 9.52 Å². The first-order chi connectivity index (χ1) is 5.90. The van der Waals surface area contributed by atoms with Crippen molar-refractivity contribution in [3.63, 3.8) is 0 Å². The Hall–Kier alpha value is -0.290. The van der Waals surface area contributed by atoms with Gasteiger partial charge in [0.15, 0.2) is 0 Å². The standard InChI is InChI=1S/C8H17NO3S.ClH/c1-4-6-7(5-2)8(10)9-13(3,11)12;/h7H,4-6H2,1-3H3,(H,9,10);1H. The van der Waals surface area contributed by atoms with Gasteiger partial charge in [-0.25, -0.2) is 8.42 Å². The average Bonchev–Trinajstić information content (AvgIpc) is 1.96. The fourth-order valence-corrected chi connectivity index (χ4v) is 1.67. The first-order valence-corrected chi connectivity index (χ1v) is 6.31. The van der Waals surface area contributed by atoms with Crippen LogP contribution in [0.3, 0.4) is 0 Å². The van der Waals surface area contributed by atoms with Crippen LogP contribution in [0.1, 0.15) is 33.1 Å². The predicted octanol–water partition coefficient (Wildman–Crippen LogP) is 1.31. The summed E-state index contributed by atoms with van der Waals surface area (Å²) in [5, 5.41) is 0. The van der Waals surface area contributed by atoms with Crippen molar-refractivity contribution in [3.8, 4) is 0 Å². The lowest BCUT2D eigenvalue weighted by molar-refractivity contribution is -0.123. The summed E-state index contributed by atoms with van der Waals surface area (Å²) < 4.78 is 23.5. The van der Waals surface area contributed by atoms with Gasteiger partial charge in [0.05, 0.1) is 6.26 Å². The highest BCUT2D eigenvalue weighted by Crippen LogP contribution is 2.10. The smallest absolute Gasteiger partial charge is 0.236 e. The molecule has 14 heavy (non-hydrogen) atoms. The van der Waals surface area contributed by atoms with Crippen molar-refractivity contribution in [2.45, 2.75) is 33.1 Å². The Bertz CT molecular complexity index is 264. The van der Waals surface area contributed by atoms with Crippen molar-refractivity contribution in [2.75, 3.05) is 6.26 Å². The van der Waals surface area contributed by atoms with Crippen LogP contribution >= 0.6 is 12.4 Å². The molecule has 0 bridgehead atoms. The zero-order valence-corrected chi connectivity index (χ0v) is 10.4. The number of rotatable bonds is 5. The Morgan fingerprint density at radius 1 is 1.36 bits per heavy atom. The molecule has 0 aliphatic heterocycles. The van der Waals surface area contributed by atoms with E-state index in [2.05, 4.69) is 0 Å². The Labute approximate surface area is 91.9 Å². The lowest BCUT2D eigenvalue weighted by Gasteiger charge is -2.12. The highest BCUT2D eigenvalue weighted by atomic mass is 35.5. The van der Waals surface area contributed by atoms with E-state index in [1.165, 1.54) is 0 Å². The molecule has 1 N–H and O–H groups in total. The summed E-state index contributed by atoms with van der Waals surface area (Å²) in [6.45, 7) is 3.85. The molecule has 86 valence electrons. The summed E-state index contributed by atoms with van der Waals surface area (Å²) in [4.78, 5) is 11.3. The average molecular weight is 244 g/mol. The van der Waals surface area contributed by atoms with Gasteiger partial charge in [-0.1, -0.05) is 20.3 Å². The summed E-state index contributed by atoms with van der Waals surface area (Å²) >= 11 is 0. The third-order valence-electron chi connectivity index (χ3n) is 1.79. The molecule has 0 aromatic rings. The second kappa shape index (κ2) is 7.06. The molecule has 0 fully saturated rings. The van der Waals surface area contributed by atoms with Crippen LogP contribution < -0.4 is 4.72 Å². The fraction of sp³-hybridized carbons (Fsp3) is 0.875. The van der Waals surface area contributed by atoms with Gasteiger partial charge in [-0.05, 0) is 12.8 Å². The molecule has 0 heterocycles. The second-order valence-corrected chi connectivity index (χ2v) is 4.88. The molecule has 0 aliphatic rings. The molecule has 0 aromatic carbocycles. The molecule has 0 rings (SSSR count). The van der Waals surface area contributed by atoms with Gasteiger partial charge in [-0.2, -0.15) is 0 Å². The number of halogens is 1. The van der Waals surface area contributed by atoms with Crippen molar-refractivity contribution in [1.29, 1.82) is 0 Å². The molecule has 1 unspecified atom stereocenters. The van der Waals surface area contributed by atoms with Gasteiger partial charge in [0.1, 0.15) is 0 Å². The maximum Gasteiger partial charge on any atom is 0.236 e. The molecule has 0 spiro atoms. The zero-order chi connectivity index (χ0) is 10.5. The Morgan fingerprint density at radius 2 is 1.86 bits per heavy atom. The molecule has 6 heteroatoms. The minimum Gasteiger partial charge on any atom is -0.274 e. The highest BCUT2D eigenvalue weighted by Gasteiger charge is 2.18. The van der Waals surface area contributed by atoms with Gasteiger partial charge in [0.25, 0.3) is 0 Å². The third kappa shape index (κ3) is 7.15. The molecule has 0 saturated heterocycles. The molecule has 4 nitrogen and oxygen atoms in total. The molecule has 1 amide bonds. The summed E-state index contributed by atoms with van der Waals surface area (Å²) in [7, 11) is -3.40. The highest BCUT2D eigenvalue weighted by molar-refractivity contribution is 7.89. The molecule has 1 atom stereocenters. The number of hydrogen-bond acceptors (Lipinski definition) is 3. The van der Waals surface area contributed by atoms with Crippen molar-refractivity contribution in [3.05, 3.63) is 0 Å². The van der Waals surface area contributed by atoms with Gasteiger partial charge in [0.2, 0.25) is 15.9 Å². The van der Waals surface area contributed by atoms with E-state index in [-0.39, 0.29) is 24.2 Å². The molecular formula is C8H18ClNO3S. The molecule has 0 saturated carbocycles. The summed E-state index contributed by atoms with van der Waals surface area (Å²) in [6.07, 6.45) is 3.28. The maximum absolute atomic E-state index is 11.3. The molecular weight excluding hydrogens is 226 g/mol. The Morgan fingerprint density at radius 3 is 2.14 bits per heavy atom. The second-order valence-electron chi connectivity index (χ2n) is 3.13. The largest absolute Gasteiger partial charge is 0.274 e. The van der Waals surface area contributed by atoms with Crippen molar-refractivity contribution >= 4 is 28.3 Å². The van der Waals surface area contributed by atoms with Crippen LogP contribution in [-0.4, -0.2) is 20.6 Å². The number of carbonyl (C=O) groups excluding carboxylic acids is 1. The van der Waals surface area contributed by atoms with E-state index in [9.17, 15) is 13.2 Å². The topological polar surface area (TPSA) is 63.2 Å². The number of hydrogen-bond donors (Lipinski definition) is 1. The summed E-state index contributed by atoms with van der Waals surface area (Å²) in [6, 6.07) is 0. The Balaban J connectivity index is 0. The molecule has 0 radical (unpaired) electrons. The van der Waals surface area contributed by atoms with Crippen LogP contribution in [0, 0.1) is 5.92 Å². The minimum atomic E-state index is -3.40. The van der Waals surface area contributed by atoms with E-state index in [0.717, 1.165) is 19.1 Å². The number of carbonyl (C=O) groups is 1. The molecule has 0 aromatic heterocycles. The first-order valence-electron chi connectivity index (χ1n) is 4.42. The van der Waals surface area contributed by atoms with Gasteiger partial charge in [0, 0.05) is 5.92 Å². The Kier molecular flexibility index (Phi) is 8.15. The van der Waals surface area contributed by atoms with Crippen LogP contribution in [0.5, 0.6) is 0 Å². The first kappa shape index (κ1) is 16.2. The maximum atomic E-state index is 11.3. The SMILES string of the molecule is CCCC(CC)C(=O)NS(C)(=O)=O.Cl. The van der Waals surface area contributed by atoms with Crippen molar-refractivity contribution in [2.24, 2.45) is 5.92 Å². The zero-order valence-electron chi connectivity index (χ0n) is 8.74.